The Balaban J connectivity index is 2.03. The molecular weight excluding hydrogens is 350 g/mol. The fourth-order valence-electron chi connectivity index (χ4n) is 2.33. The lowest BCUT2D eigenvalue weighted by molar-refractivity contribution is 0.357. The Labute approximate surface area is 128 Å². The molecule has 0 aliphatic carbocycles. The zero-order valence-electron chi connectivity index (χ0n) is 10.3. The van der Waals surface area contributed by atoms with Crippen LogP contribution in [0.3, 0.4) is 0 Å². The second-order valence-corrected chi connectivity index (χ2v) is 5.96. The van der Waals surface area contributed by atoms with Crippen LogP contribution in [0.5, 0.6) is 5.75 Å². The molecule has 2 aromatic rings. The Morgan fingerprint density at radius 1 is 1.15 bits per heavy atom. The summed E-state index contributed by atoms with van der Waals surface area (Å²) in [5, 5.41) is -0.867. The van der Waals surface area contributed by atoms with Gasteiger partial charge >= 0.3 is 0 Å². The van der Waals surface area contributed by atoms with Gasteiger partial charge in [-0.2, -0.15) is 0 Å². The van der Waals surface area contributed by atoms with E-state index < -0.39 is 17.0 Å². The van der Waals surface area contributed by atoms with E-state index >= 15 is 0 Å². The molecule has 1 atom stereocenters. The first-order chi connectivity index (χ1) is 9.56. The van der Waals surface area contributed by atoms with Crippen LogP contribution in [0.2, 0.25) is 0 Å². The van der Waals surface area contributed by atoms with Crippen LogP contribution in [-0.2, 0) is 6.42 Å². The molecule has 1 aliphatic heterocycles. The molecule has 0 bridgehead atoms. The maximum atomic E-state index is 13.9. The quantitative estimate of drug-likeness (QED) is 0.686. The van der Waals surface area contributed by atoms with Gasteiger partial charge in [-0.15, -0.1) is 11.6 Å². The number of hydrogen-bond donors (Lipinski definition) is 0. The van der Waals surface area contributed by atoms with Crippen molar-refractivity contribution in [2.24, 2.45) is 0 Å². The van der Waals surface area contributed by atoms with Gasteiger partial charge in [-0.05, 0) is 29.3 Å². The predicted octanol–water partition coefficient (Wildman–Crippen LogP) is 4.99. The highest BCUT2D eigenvalue weighted by Crippen LogP contribution is 2.36. The molecule has 104 valence electrons. The van der Waals surface area contributed by atoms with Crippen LogP contribution in [0.4, 0.5) is 8.78 Å². The van der Waals surface area contributed by atoms with Crippen LogP contribution < -0.4 is 4.74 Å². The van der Waals surface area contributed by atoms with Crippen molar-refractivity contribution in [3.63, 3.8) is 0 Å². The Kier molecular flexibility index (Phi) is 3.69. The van der Waals surface area contributed by atoms with Gasteiger partial charge in [0.05, 0.1) is 12.0 Å². The molecule has 2 aromatic carbocycles. The summed E-state index contributed by atoms with van der Waals surface area (Å²) in [6.07, 6.45) is 0.790. The molecule has 0 saturated heterocycles. The fraction of sp³-hybridized carbons (Fsp3) is 0.200. The van der Waals surface area contributed by atoms with Gasteiger partial charge in [-0.3, -0.25) is 0 Å². The molecule has 0 N–H and O–H groups in total. The first kappa shape index (κ1) is 13.8. The summed E-state index contributed by atoms with van der Waals surface area (Å²) in [7, 11) is 0. The lowest BCUT2D eigenvalue weighted by Crippen LogP contribution is -2.01. The number of rotatable bonds is 2. The van der Waals surface area contributed by atoms with Gasteiger partial charge in [-0.1, -0.05) is 28.1 Å². The summed E-state index contributed by atoms with van der Waals surface area (Å²) >= 11 is 9.31. The van der Waals surface area contributed by atoms with E-state index in [1.54, 1.807) is 12.1 Å². The Hall–Kier alpha value is -1.13. The Morgan fingerprint density at radius 2 is 1.85 bits per heavy atom. The second kappa shape index (κ2) is 5.34. The zero-order valence-corrected chi connectivity index (χ0v) is 12.6. The van der Waals surface area contributed by atoms with Crippen molar-refractivity contribution < 1.29 is 13.5 Å². The van der Waals surface area contributed by atoms with E-state index in [9.17, 15) is 8.78 Å². The van der Waals surface area contributed by atoms with Gasteiger partial charge in [0.1, 0.15) is 17.4 Å². The number of halogens is 4. The van der Waals surface area contributed by atoms with Crippen LogP contribution in [0.1, 0.15) is 22.1 Å². The molecule has 1 nitrogen and oxygen atoms in total. The molecule has 20 heavy (non-hydrogen) atoms. The first-order valence-corrected chi connectivity index (χ1v) is 7.33. The topological polar surface area (TPSA) is 9.23 Å². The second-order valence-electron chi connectivity index (χ2n) is 4.61. The molecule has 1 unspecified atom stereocenters. The lowest BCUT2D eigenvalue weighted by Gasteiger charge is -2.14. The van der Waals surface area contributed by atoms with Crippen molar-refractivity contribution in [2.75, 3.05) is 6.61 Å². The van der Waals surface area contributed by atoms with Crippen LogP contribution in [0.25, 0.3) is 0 Å². The molecule has 0 fully saturated rings. The molecular formula is C15H10BrClF2O. The van der Waals surface area contributed by atoms with Crippen molar-refractivity contribution in [3.8, 4) is 5.75 Å². The highest BCUT2D eigenvalue weighted by atomic mass is 79.9. The molecule has 1 heterocycles. The average molecular weight is 360 g/mol. The summed E-state index contributed by atoms with van der Waals surface area (Å²) in [5.41, 5.74) is 1.55. The van der Waals surface area contributed by atoms with Gasteiger partial charge in [0.25, 0.3) is 0 Å². The molecule has 5 heteroatoms. The summed E-state index contributed by atoms with van der Waals surface area (Å²) in [4.78, 5) is 0. The highest BCUT2D eigenvalue weighted by molar-refractivity contribution is 9.10. The van der Waals surface area contributed by atoms with E-state index in [2.05, 4.69) is 15.9 Å². The molecule has 1 aliphatic rings. The summed E-state index contributed by atoms with van der Waals surface area (Å²) < 4.78 is 33.6. The van der Waals surface area contributed by atoms with E-state index in [0.29, 0.717) is 16.6 Å². The van der Waals surface area contributed by atoms with E-state index in [4.69, 9.17) is 16.3 Å². The fourth-order valence-corrected chi connectivity index (χ4v) is 3.07. The minimum Gasteiger partial charge on any atom is -0.493 e. The minimum absolute atomic E-state index is 0.131. The van der Waals surface area contributed by atoms with Crippen molar-refractivity contribution in [3.05, 3.63) is 63.1 Å². The van der Waals surface area contributed by atoms with Crippen LogP contribution in [0.15, 0.2) is 34.8 Å². The molecule has 0 aromatic heterocycles. The number of alkyl halides is 1. The van der Waals surface area contributed by atoms with Crippen LogP contribution in [-0.4, -0.2) is 6.61 Å². The van der Waals surface area contributed by atoms with E-state index in [1.807, 2.05) is 6.07 Å². The number of hydrogen-bond acceptors (Lipinski definition) is 1. The van der Waals surface area contributed by atoms with Gasteiger partial charge in [0.2, 0.25) is 0 Å². The van der Waals surface area contributed by atoms with E-state index in [0.717, 1.165) is 17.7 Å². The molecule has 0 amide bonds. The van der Waals surface area contributed by atoms with E-state index in [-0.39, 0.29) is 5.56 Å². The maximum Gasteiger partial charge on any atom is 0.132 e. The smallest absolute Gasteiger partial charge is 0.132 e. The van der Waals surface area contributed by atoms with Crippen molar-refractivity contribution in [1.82, 2.24) is 0 Å². The third kappa shape index (κ3) is 2.42. The first-order valence-electron chi connectivity index (χ1n) is 6.10. The maximum absolute atomic E-state index is 13.9. The predicted molar refractivity (Wildman–Crippen MR) is 77.4 cm³/mol. The molecule has 0 saturated carbocycles. The third-order valence-corrected chi connectivity index (χ3v) is 4.23. The molecule has 0 radical (unpaired) electrons. The van der Waals surface area contributed by atoms with Gasteiger partial charge < -0.3 is 4.74 Å². The van der Waals surface area contributed by atoms with Gasteiger partial charge in [0.15, 0.2) is 0 Å². The van der Waals surface area contributed by atoms with Crippen LogP contribution in [0, 0.1) is 11.6 Å². The Morgan fingerprint density at radius 3 is 2.55 bits per heavy atom. The average Bonchev–Trinajstić information content (AvgIpc) is 2.84. The zero-order chi connectivity index (χ0) is 14.3. The van der Waals surface area contributed by atoms with Gasteiger partial charge in [-0.25, -0.2) is 8.78 Å². The van der Waals surface area contributed by atoms with E-state index in [1.165, 1.54) is 12.1 Å². The Bertz CT molecular complexity index is 652. The van der Waals surface area contributed by atoms with Crippen LogP contribution >= 0.6 is 27.5 Å². The van der Waals surface area contributed by atoms with Gasteiger partial charge in [0, 0.05) is 16.5 Å². The molecule has 0 spiro atoms. The minimum atomic E-state index is -0.867. The third-order valence-electron chi connectivity index (χ3n) is 3.30. The SMILES string of the molecule is Fc1cc(Br)cc(F)c1C(Cl)c1ccc2c(c1)CCO2. The highest BCUT2D eigenvalue weighted by Gasteiger charge is 2.22. The monoisotopic (exact) mass is 358 g/mol. The number of ether oxygens (including phenoxy) is 1. The summed E-state index contributed by atoms with van der Waals surface area (Å²) in [6, 6.07) is 7.81. The lowest BCUT2D eigenvalue weighted by atomic mass is 10.0. The normalized spacial score (nSPS) is 14.8. The number of fused-ring (bicyclic) bond motifs is 1. The summed E-state index contributed by atoms with van der Waals surface area (Å²) in [5.74, 6) is -0.503. The summed E-state index contributed by atoms with van der Waals surface area (Å²) in [6.45, 7) is 0.632. The number of benzene rings is 2. The van der Waals surface area contributed by atoms with Crippen molar-refractivity contribution >= 4 is 27.5 Å². The van der Waals surface area contributed by atoms with Crippen molar-refractivity contribution in [2.45, 2.75) is 11.8 Å². The van der Waals surface area contributed by atoms with Crippen molar-refractivity contribution in [1.29, 1.82) is 0 Å². The molecule has 3 rings (SSSR count). The largest absolute Gasteiger partial charge is 0.493 e. The standard InChI is InChI=1S/C15H10BrClF2O/c16-10-6-11(18)14(12(19)7-10)15(17)9-1-2-13-8(5-9)3-4-20-13/h1-2,5-7,15H,3-4H2.